The molecule has 0 radical (unpaired) electrons. The van der Waals surface area contributed by atoms with Gasteiger partial charge in [-0.25, -0.2) is 9.67 Å². The van der Waals surface area contributed by atoms with E-state index in [1.165, 1.54) is 29.5 Å². The molecule has 1 aliphatic rings. The molecule has 1 N–H and O–H groups in total. The van der Waals surface area contributed by atoms with Crippen LogP contribution in [0.4, 0.5) is 13.2 Å². The second kappa shape index (κ2) is 5.68. The average Bonchev–Trinajstić information content (AvgIpc) is 3.05. The summed E-state index contributed by atoms with van der Waals surface area (Å²) in [6.07, 6.45) is -1.14. The molecule has 0 bridgehead atoms. The van der Waals surface area contributed by atoms with Gasteiger partial charge in [0.2, 0.25) is 5.91 Å². The molecule has 1 aromatic carbocycles. The number of hydrogen-bond acceptors (Lipinski definition) is 3. The molecule has 3 atom stereocenters. The number of amides is 1. The number of rotatable bonds is 4. The summed E-state index contributed by atoms with van der Waals surface area (Å²) < 4.78 is 40.5. The first kappa shape index (κ1) is 15.5. The lowest BCUT2D eigenvalue weighted by Gasteiger charge is -2.14. The van der Waals surface area contributed by atoms with Crippen LogP contribution >= 0.6 is 0 Å². The van der Waals surface area contributed by atoms with Gasteiger partial charge < -0.3 is 5.32 Å². The summed E-state index contributed by atoms with van der Waals surface area (Å²) in [6, 6.07) is 4.66. The van der Waals surface area contributed by atoms with E-state index in [0.29, 0.717) is 6.42 Å². The standard InChI is InChI=1S/C15H15F3N4O/c1-9(22-8-19-7-20-22)14(23)21-13-6-11(13)10-4-2-3-5-12(10)15(16,17)18/h2-5,7-9,11,13H,6H2,1H3,(H,21,23)/t9-,11-,13-/m1/s1. The van der Waals surface area contributed by atoms with Gasteiger partial charge in [0.25, 0.3) is 0 Å². The molecule has 1 fully saturated rings. The Morgan fingerprint density at radius 2 is 2.13 bits per heavy atom. The number of nitrogens with one attached hydrogen (secondary N) is 1. The van der Waals surface area contributed by atoms with E-state index in [0.717, 1.165) is 6.07 Å². The SMILES string of the molecule is C[C@H](C(=O)N[C@@H]1C[C@@H]1c1ccccc1C(F)(F)F)n1cncn1. The number of aromatic nitrogens is 3. The topological polar surface area (TPSA) is 59.8 Å². The van der Waals surface area contributed by atoms with E-state index in [1.54, 1.807) is 13.0 Å². The lowest BCUT2D eigenvalue weighted by atomic mass is 10.0. The zero-order valence-electron chi connectivity index (χ0n) is 12.3. The molecule has 2 aromatic rings. The molecule has 0 saturated heterocycles. The van der Waals surface area contributed by atoms with Crippen molar-refractivity contribution in [2.45, 2.75) is 37.5 Å². The minimum absolute atomic E-state index is 0.235. The third-order valence-corrected chi connectivity index (χ3v) is 4.00. The van der Waals surface area contributed by atoms with Crippen molar-refractivity contribution in [3.05, 3.63) is 48.0 Å². The number of carbonyl (C=O) groups is 1. The van der Waals surface area contributed by atoms with Gasteiger partial charge in [-0.15, -0.1) is 0 Å². The third kappa shape index (κ3) is 3.20. The van der Waals surface area contributed by atoms with E-state index in [9.17, 15) is 18.0 Å². The summed E-state index contributed by atoms with van der Waals surface area (Å²) in [5, 5.41) is 6.66. The molecule has 8 heteroatoms. The van der Waals surface area contributed by atoms with Crippen molar-refractivity contribution >= 4 is 5.91 Å². The second-order valence-electron chi connectivity index (χ2n) is 5.59. The van der Waals surface area contributed by atoms with Gasteiger partial charge in [-0.3, -0.25) is 4.79 Å². The zero-order chi connectivity index (χ0) is 16.6. The van der Waals surface area contributed by atoms with Crippen LogP contribution in [0.1, 0.15) is 36.4 Å². The highest BCUT2D eigenvalue weighted by molar-refractivity contribution is 5.80. The summed E-state index contributed by atoms with van der Waals surface area (Å²) in [6.45, 7) is 1.66. The molecule has 0 spiro atoms. The molecule has 1 aliphatic carbocycles. The van der Waals surface area contributed by atoms with Crippen LogP contribution in [-0.2, 0) is 11.0 Å². The maximum Gasteiger partial charge on any atom is 0.416 e. The van der Waals surface area contributed by atoms with E-state index in [2.05, 4.69) is 15.4 Å². The molecule has 1 amide bonds. The molecule has 1 aromatic heterocycles. The van der Waals surface area contributed by atoms with E-state index in [-0.39, 0.29) is 23.4 Å². The smallest absolute Gasteiger partial charge is 0.351 e. The van der Waals surface area contributed by atoms with Gasteiger partial charge in [0.15, 0.2) is 0 Å². The predicted molar refractivity (Wildman–Crippen MR) is 75.5 cm³/mol. The van der Waals surface area contributed by atoms with Gasteiger partial charge in [0.05, 0.1) is 5.56 Å². The second-order valence-corrected chi connectivity index (χ2v) is 5.59. The van der Waals surface area contributed by atoms with Crippen LogP contribution < -0.4 is 5.32 Å². The fraction of sp³-hybridized carbons (Fsp3) is 0.400. The van der Waals surface area contributed by atoms with Crippen molar-refractivity contribution in [2.75, 3.05) is 0 Å². The average molecular weight is 324 g/mol. The van der Waals surface area contributed by atoms with Gasteiger partial charge in [0.1, 0.15) is 18.7 Å². The van der Waals surface area contributed by atoms with Crippen LogP contribution in [0.2, 0.25) is 0 Å². The molecule has 23 heavy (non-hydrogen) atoms. The van der Waals surface area contributed by atoms with Crippen molar-refractivity contribution in [2.24, 2.45) is 0 Å². The Balaban J connectivity index is 1.68. The molecular weight excluding hydrogens is 309 g/mol. The van der Waals surface area contributed by atoms with Crippen LogP contribution in [0.15, 0.2) is 36.9 Å². The molecule has 0 unspecified atom stereocenters. The fourth-order valence-corrected chi connectivity index (χ4v) is 2.62. The first-order valence-corrected chi connectivity index (χ1v) is 7.18. The quantitative estimate of drug-likeness (QED) is 0.940. The molecule has 1 saturated carbocycles. The fourth-order valence-electron chi connectivity index (χ4n) is 2.62. The normalized spacial score (nSPS) is 21.7. The number of benzene rings is 1. The van der Waals surface area contributed by atoms with Gasteiger partial charge in [-0.1, -0.05) is 18.2 Å². The predicted octanol–water partition coefficient (Wildman–Crippen LogP) is 2.53. The third-order valence-electron chi connectivity index (χ3n) is 4.00. The van der Waals surface area contributed by atoms with Crippen molar-refractivity contribution in [1.82, 2.24) is 20.1 Å². The van der Waals surface area contributed by atoms with Crippen molar-refractivity contribution in [3.63, 3.8) is 0 Å². The van der Waals surface area contributed by atoms with Crippen molar-refractivity contribution in [3.8, 4) is 0 Å². The van der Waals surface area contributed by atoms with Gasteiger partial charge in [-0.05, 0) is 25.0 Å². The van der Waals surface area contributed by atoms with Crippen molar-refractivity contribution in [1.29, 1.82) is 0 Å². The van der Waals surface area contributed by atoms with Crippen LogP contribution in [0.3, 0.4) is 0 Å². The molecule has 122 valence electrons. The van der Waals surface area contributed by atoms with E-state index >= 15 is 0 Å². The van der Waals surface area contributed by atoms with E-state index in [4.69, 9.17) is 0 Å². The summed E-state index contributed by atoms with van der Waals surface area (Å²) in [7, 11) is 0. The Morgan fingerprint density at radius 3 is 2.78 bits per heavy atom. The molecular formula is C15H15F3N4O. The first-order valence-electron chi connectivity index (χ1n) is 7.18. The molecule has 5 nitrogen and oxygen atoms in total. The Labute approximate surface area is 130 Å². The minimum atomic E-state index is -4.39. The van der Waals surface area contributed by atoms with E-state index < -0.39 is 17.8 Å². The van der Waals surface area contributed by atoms with E-state index in [1.807, 2.05) is 0 Å². The highest BCUT2D eigenvalue weighted by atomic mass is 19.4. The zero-order valence-corrected chi connectivity index (χ0v) is 12.3. The Kier molecular flexibility index (Phi) is 3.83. The highest BCUT2D eigenvalue weighted by Crippen LogP contribution is 2.46. The van der Waals surface area contributed by atoms with Crippen LogP contribution in [0, 0.1) is 0 Å². The Hall–Kier alpha value is -2.38. The lowest BCUT2D eigenvalue weighted by Crippen LogP contribution is -2.33. The summed E-state index contributed by atoms with van der Waals surface area (Å²) in [4.78, 5) is 15.9. The highest BCUT2D eigenvalue weighted by Gasteiger charge is 2.45. The Bertz CT molecular complexity index is 699. The number of hydrogen-bond donors (Lipinski definition) is 1. The van der Waals surface area contributed by atoms with Crippen LogP contribution in [-0.4, -0.2) is 26.7 Å². The monoisotopic (exact) mass is 324 g/mol. The number of nitrogens with zero attached hydrogens (tertiary/aromatic N) is 3. The first-order chi connectivity index (χ1) is 10.9. The minimum Gasteiger partial charge on any atom is -0.351 e. The number of alkyl halides is 3. The summed E-state index contributed by atoms with van der Waals surface area (Å²) in [5.41, 5.74) is -0.398. The summed E-state index contributed by atoms with van der Waals surface area (Å²) in [5.74, 6) is -0.591. The molecule has 0 aliphatic heterocycles. The van der Waals surface area contributed by atoms with Crippen molar-refractivity contribution < 1.29 is 18.0 Å². The maximum absolute atomic E-state index is 13.0. The van der Waals surface area contributed by atoms with Gasteiger partial charge in [-0.2, -0.15) is 18.3 Å². The Morgan fingerprint density at radius 1 is 1.39 bits per heavy atom. The number of carbonyl (C=O) groups excluding carboxylic acids is 1. The van der Waals surface area contributed by atoms with Gasteiger partial charge >= 0.3 is 6.18 Å². The largest absolute Gasteiger partial charge is 0.416 e. The lowest BCUT2D eigenvalue weighted by molar-refractivity contribution is -0.138. The van der Waals surface area contributed by atoms with Gasteiger partial charge in [0, 0.05) is 12.0 Å². The van der Waals surface area contributed by atoms with Crippen LogP contribution in [0.25, 0.3) is 0 Å². The molecule has 1 heterocycles. The number of halogens is 3. The molecule has 3 rings (SSSR count). The maximum atomic E-state index is 13.0. The van der Waals surface area contributed by atoms with Crippen LogP contribution in [0.5, 0.6) is 0 Å². The summed E-state index contributed by atoms with van der Waals surface area (Å²) >= 11 is 0.